The molecule has 0 radical (unpaired) electrons. The van der Waals surface area contributed by atoms with E-state index in [0.717, 1.165) is 0 Å². The fraction of sp³-hybridized carbons (Fsp3) is 0.278. The van der Waals surface area contributed by atoms with Crippen LogP contribution >= 0.6 is 0 Å². The molecule has 0 spiro atoms. The fourth-order valence-electron chi connectivity index (χ4n) is 2.00. The Morgan fingerprint density at radius 1 is 1.04 bits per heavy atom. The molecule has 0 aliphatic heterocycles. The van der Waals surface area contributed by atoms with E-state index in [1.54, 1.807) is 12.1 Å². The van der Waals surface area contributed by atoms with Gasteiger partial charge in [0.1, 0.15) is 11.5 Å². The van der Waals surface area contributed by atoms with Crippen molar-refractivity contribution in [3.8, 4) is 23.0 Å². The van der Waals surface area contributed by atoms with Gasteiger partial charge in [-0.3, -0.25) is 10.1 Å². The number of benzene rings is 2. The average Bonchev–Trinajstić information content (AvgIpc) is 2.54. The second-order valence-corrected chi connectivity index (χ2v) is 6.43. The summed E-state index contributed by atoms with van der Waals surface area (Å²) in [5.74, 6) is 1.38. The number of methoxy groups -OCH3 is 1. The number of non-ortho nitro benzene ring substituents is 1. The highest BCUT2D eigenvalue weighted by molar-refractivity contribution is 5.71. The zero-order valence-electron chi connectivity index (χ0n) is 14.9. The van der Waals surface area contributed by atoms with E-state index < -0.39 is 16.6 Å². The number of nitrogens with zero attached hydrogens (tertiary/aromatic N) is 1. The monoisotopic (exact) mass is 360 g/mol. The van der Waals surface area contributed by atoms with Crippen LogP contribution in [0.2, 0.25) is 0 Å². The van der Waals surface area contributed by atoms with Gasteiger partial charge in [-0.15, -0.1) is 0 Å². The summed E-state index contributed by atoms with van der Waals surface area (Å²) in [7, 11) is 1.48. The Morgan fingerprint density at radius 2 is 1.65 bits per heavy atom. The molecule has 2 rings (SSSR count). The lowest BCUT2D eigenvalue weighted by Crippen LogP contribution is -2.42. The second-order valence-electron chi connectivity index (χ2n) is 6.43. The van der Waals surface area contributed by atoms with Crippen molar-refractivity contribution in [2.24, 2.45) is 0 Å². The highest BCUT2D eigenvalue weighted by atomic mass is 16.6. The van der Waals surface area contributed by atoms with Gasteiger partial charge >= 0.3 is 6.09 Å². The van der Waals surface area contributed by atoms with Crippen LogP contribution in [0, 0.1) is 10.1 Å². The molecule has 0 aliphatic rings. The maximum atomic E-state index is 11.9. The van der Waals surface area contributed by atoms with E-state index in [1.165, 1.54) is 37.4 Å². The summed E-state index contributed by atoms with van der Waals surface area (Å²) in [6, 6.07) is 10.3. The maximum absolute atomic E-state index is 11.9. The molecular weight excluding hydrogens is 340 g/mol. The van der Waals surface area contributed by atoms with E-state index in [0.29, 0.717) is 17.2 Å². The number of hydrogen-bond donors (Lipinski definition) is 1. The van der Waals surface area contributed by atoms with Gasteiger partial charge < -0.3 is 19.5 Å². The topological polar surface area (TPSA) is 99.9 Å². The van der Waals surface area contributed by atoms with Crippen molar-refractivity contribution >= 4 is 11.8 Å². The van der Waals surface area contributed by atoms with Gasteiger partial charge in [-0.1, -0.05) is 0 Å². The van der Waals surface area contributed by atoms with Gasteiger partial charge in [-0.25, -0.2) is 4.79 Å². The average molecular weight is 360 g/mol. The molecule has 0 bridgehead atoms. The van der Waals surface area contributed by atoms with Crippen LogP contribution in [0.25, 0.3) is 0 Å². The number of carbonyl (C=O) groups is 1. The number of hydrogen-bond acceptors (Lipinski definition) is 6. The molecule has 26 heavy (non-hydrogen) atoms. The van der Waals surface area contributed by atoms with Gasteiger partial charge in [0.15, 0.2) is 11.5 Å². The summed E-state index contributed by atoms with van der Waals surface area (Å²) in [4.78, 5) is 22.1. The Morgan fingerprint density at radius 3 is 2.19 bits per heavy atom. The van der Waals surface area contributed by atoms with Crippen molar-refractivity contribution in [1.82, 2.24) is 5.32 Å². The quantitative estimate of drug-likeness (QED) is 0.631. The Bertz CT molecular complexity index is 796. The fourth-order valence-corrected chi connectivity index (χ4v) is 2.00. The van der Waals surface area contributed by atoms with Gasteiger partial charge in [-0.2, -0.15) is 0 Å². The molecule has 8 nitrogen and oxygen atoms in total. The predicted octanol–water partition coefficient (Wildman–Crippen LogP) is 4.28. The summed E-state index contributed by atoms with van der Waals surface area (Å²) in [5, 5.41) is 13.4. The number of rotatable bonds is 5. The lowest BCUT2D eigenvalue weighted by Gasteiger charge is -2.20. The third-order valence-electron chi connectivity index (χ3n) is 3.10. The highest BCUT2D eigenvalue weighted by Crippen LogP contribution is 2.35. The molecule has 1 N–H and O–H groups in total. The second kappa shape index (κ2) is 7.73. The molecule has 1 amide bonds. The molecule has 0 heterocycles. The molecule has 0 aromatic heterocycles. The standard InChI is InChI=1S/C18H20N2O6/c1-18(2,3)19-17(21)26-14-9-10-15(24-4)16(11-14)25-13-7-5-12(6-8-13)20(22)23/h5-11H,1-4H3,(H,19,21). The minimum Gasteiger partial charge on any atom is -0.493 e. The van der Waals surface area contributed by atoms with Gasteiger partial charge in [0.2, 0.25) is 0 Å². The number of amides is 1. The lowest BCUT2D eigenvalue weighted by molar-refractivity contribution is -0.384. The zero-order valence-corrected chi connectivity index (χ0v) is 14.9. The van der Waals surface area contributed by atoms with Crippen molar-refractivity contribution < 1.29 is 23.9 Å². The molecule has 8 heteroatoms. The molecule has 0 saturated carbocycles. The Hall–Kier alpha value is -3.29. The third-order valence-corrected chi connectivity index (χ3v) is 3.10. The van der Waals surface area contributed by atoms with E-state index >= 15 is 0 Å². The van der Waals surface area contributed by atoms with Crippen LogP contribution in [0.15, 0.2) is 42.5 Å². The van der Waals surface area contributed by atoms with Crippen molar-refractivity contribution in [3.63, 3.8) is 0 Å². The molecule has 0 unspecified atom stereocenters. The molecule has 138 valence electrons. The highest BCUT2D eigenvalue weighted by Gasteiger charge is 2.16. The van der Waals surface area contributed by atoms with E-state index in [2.05, 4.69) is 5.32 Å². The third kappa shape index (κ3) is 5.37. The molecule has 0 atom stereocenters. The molecule has 0 aliphatic carbocycles. The van der Waals surface area contributed by atoms with Crippen LogP contribution < -0.4 is 19.5 Å². The van der Waals surface area contributed by atoms with Crippen molar-refractivity contribution in [1.29, 1.82) is 0 Å². The number of carbonyl (C=O) groups excluding carboxylic acids is 1. The van der Waals surface area contributed by atoms with Crippen LogP contribution in [0.3, 0.4) is 0 Å². The Labute approximate surface area is 150 Å². The first-order valence-electron chi connectivity index (χ1n) is 7.78. The zero-order chi connectivity index (χ0) is 19.3. The van der Waals surface area contributed by atoms with Gasteiger partial charge in [-0.05, 0) is 45.0 Å². The van der Waals surface area contributed by atoms with Crippen molar-refractivity contribution in [2.45, 2.75) is 26.3 Å². The summed E-state index contributed by atoms with van der Waals surface area (Å²) < 4.78 is 16.2. The van der Waals surface area contributed by atoms with E-state index in [1.807, 2.05) is 20.8 Å². The van der Waals surface area contributed by atoms with Crippen LogP contribution in [0.4, 0.5) is 10.5 Å². The van der Waals surface area contributed by atoms with Gasteiger partial charge in [0.25, 0.3) is 5.69 Å². The van der Waals surface area contributed by atoms with Crippen LogP contribution in [-0.4, -0.2) is 23.7 Å². The first-order chi connectivity index (χ1) is 12.2. The van der Waals surface area contributed by atoms with E-state index in [4.69, 9.17) is 14.2 Å². The molecule has 2 aromatic rings. The van der Waals surface area contributed by atoms with Gasteiger partial charge in [0, 0.05) is 23.7 Å². The largest absolute Gasteiger partial charge is 0.493 e. The van der Waals surface area contributed by atoms with E-state index in [-0.39, 0.29) is 11.4 Å². The molecule has 0 fully saturated rings. The first-order valence-corrected chi connectivity index (χ1v) is 7.78. The van der Waals surface area contributed by atoms with Crippen LogP contribution in [0.1, 0.15) is 20.8 Å². The smallest absolute Gasteiger partial charge is 0.413 e. The number of nitrogens with one attached hydrogen (secondary N) is 1. The maximum Gasteiger partial charge on any atom is 0.413 e. The summed E-state index contributed by atoms with van der Waals surface area (Å²) in [5.41, 5.74) is -0.470. The molecule has 0 saturated heterocycles. The minimum absolute atomic E-state index is 0.0414. The number of nitro benzene ring substituents is 1. The minimum atomic E-state index is -0.594. The lowest BCUT2D eigenvalue weighted by atomic mass is 10.1. The molecule has 2 aromatic carbocycles. The van der Waals surface area contributed by atoms with Crippen molar-refractivity contribution in [2.75, 3.05) is 7.11 Å². The van der Waals surface area contributed by atoms with Crippen LogP contribution in [0.5, 0.6) is 23.0 Å². The summed E-state index contributed by atoms with van der Waals surface area (Å²) in [6.07, 6.45) is -0.594. The van der Waals surface area contributed by atoms with Gasteiger partial charge in [0.05, 0.1) is 12.0 Å². The number of ether oxygens (including phenoxy) is 3. The number of nitro groups is 1. The van der Waals surface area contributed by atoms with E-state index in [9.17, 15) is 14.9 Å². The SMILES string of the molecule is COc1ccc(OC(=O)NC(C)(C)C)cc1Oc1ccc([N+](=O)[O-])cc1. The Kier molecular flexibility index (Phi) is 5.66. The normalized spacial score (nSPS) is 10.8. The summed E-state index contributed by atoms with van der Waals surface area (Å²) >= 11 is 0. The summed E-state index contributed by atoms with van der Waals surface area (Å²) in [6.45, 7) is 5.52. The van der Waals surface area contributed by atoms with Crippen molar-refractivity contribution in [3.05, 3.63) is 52.6 Å². The first kappa shape index (κ1) is 19.0. The predicted molar refractivity (Wildman–Crippen MR) is 95.1 cm³/mol. The Balaban J connectivity index is 2.18. The van der Waals surface area contributed by atoms with Crippen LogP contribution in [-0.2, 0) is 0 Å². The molecular formula is C18H20N2O6.